The van der Waals surface area contributed by atoms with Crippen LogP contribution in [-0.2, 0) is 11.3 Å². The molecule has 1 aromatic heterocycles. The van der Waals surface area contributed by atoms with Crippen LogP contribution in [-0.4, -0.2) is 66.2 Å². The van der Waals surface area contributed by atoms with Gasteiger partial charge in [-0.3, -0.25) is 0 Å². The lowest BCUT2D eigenvalue weighted by Crippen LogP contribution is -3.15. The standard InChI is InChI=1S/C22H34N6O2/c1-3-4-7-21(22-23-24-25-28(22)17-20-6-5-16-30-20)27-14-12-26(13-15-27)18-8-10-19(29-2)11-9-18/h8-11,20-21H,3-7,12-17H2,1-2H3/p+1/t20-,21-/m0/s1. The maximum atomic E-state index is 5.83. The number of anilines is 1. The van der Waals surface area contributed by atoms with Crippen molar-refractivity contribution in [2.24, 2.45) is 0 Å². The molecule has 164 valence electrons. The molecule has 0 aliphatic carbocycles. The average Bonchev–Trinajstić information content (AvgIpc) is 3.47. The fourth-order valence-corrected chi connectivity index (χ4v) is 4.69. The third-order valence-electron chi connectivity index (χ3n) is 6.45. The highest BCUT2D eigenvalue weighted by molar-refractivity contribution is 5.49. The molecule has 1 aromatic carbocycles. The number of hydrogen-bond acceptors (Lipinski definition) is 6. The second kappa shape index (κ2) is 10.2. The van der Waals surface area contributed by atoms with Crippen molar-refractivity contribution in [3.8, 4) is 5.75 Å². The van der Waals surface area contributed by atoms with Gasteiger partial charge >= 0.3 is 0 Å². The van der Waals surface area contributed by atoms with Crippen LogP contribution in [0.2, 0.25) is 0 Å². The predicted octanol–water partition coefficient (Wildman–Crippen LogP) is 1.50. The third kappa shape index (κ3) is 4.92. The van der Waals surface area contributed by atoms with Crippen molar-refractivity contribution in [2.45, 2.75) is 57.7 Å². The van der Waals surface area contributed by atoms with Crippen molar-refractivity contribution in [1.82, 2.24) is 20.2 Å². The molecule has 8 heteroatoms. The van der Waals surface area contributed by atoms with E-state index in [1.54, 1.807) is 12.0 Å². The van der Waals surface area contributed by atoms with E-state index in [4.69, 9.17) is 9.47 Å². The molecule has 0 spiro atoms. The van der Waals surface area contributed by atoms with Crippen LogP contribution in [0, 0.1) is 0 Å². The van der Waals surface area contributed by atoms with Gasteiger partial charge in [-0.1, -0.05) is 13.3 Å². The van der Waals surface area contributed by atoms with Crippen LogP contribution < -0.4 is 14.5 Å². The van der Waals surface area contributed by atoms with Gasteiger partial charge in [0.15, 0.2) is 0 Å². The summed E-state index contributed by atoms with van der Waals surface area (Å²) in [4.78, 5) is 4.06. The highest BCUT2D eigenvalue weighted by Crippen LogP contribution is 2.21. The molecule has 2 saturated heterocycles. The van der Waals surface area contributed by atoms with Gasteiger partial charge in [-0.25, -0.2) is 4.68 Å². The van der Waals surface area contributed by atoms with E-state index in [-0.39, 0.29) is 6.10 Å². The van der Waals surface area contributed by atoms with Crippen molar-refractivity contribution in [3.63, 3.8) is 0 Å². The minimum Gasteiger partial charge on any atom is -0.497 e. The quantitative estimate of drug-likeness (QED) is 0.669. The monoisotopic (exact) mass is 415 g/mol. The number of hydrogen-bond donors (Lipinski definition) is 1. The molecule has 2 atom stereocenters. The molecule has 1 N–H and O–H groups in total. The number of tetrazole rings is 1. The molecule has 3 heterocycles. The first-order valence-corrected chi connectivity index (χ1v) is 11.4. The zero-order chi connectivity index (χ0) is 20.8. The molecule has 8 nitrogen and oxygen atoms in total. The number of quaternary nitrogens is 1. The molecule has 30 heavy (non-hydrogen) atoms. The van der Waals surface area contributed by atoms with E-state index >= 15 is 0 Å². The van der Waals surface area contributed by atoms with Crippen LogP contribution in [0.1, 0.15) is 50.9 Å². The van der Waals surface area contributed by atoms with E-state index in [0.717, 1.165) is 70.2 Å². The molecule has 0 radical (unpaired) electrons. The van der Waals surface area contributed by atoms with E-state index in [9.17, 15) is 0 Å². The van der Waals surface area contributed by atoms with Crippen LogP contribution in [0.3, 0.4) is 0 Å². The van der Waals surface area contributed by atoms with Gasteiger partial charge in [0.2, 0.25) is 5.82 Å². The minimum absolute atomic E-state index is 0.251. The summed E-state index contributed by atoms with van der Waals surface area (Å²) < 4.78 is 13.1. The molecule has 0 saturated carbocycles. The van der Waals surface area contributed by atoms with E-state index in [1.165, 1.54) is 18.5 Å². The Hall–Kier alpha value is -2.19. The van der Waals surface area contributed by atoms with Gasteiger partial charge in [-0.05, 0) is 54.0 Å². The smallest absolute Gasteiger partial charge is 0.209 e. The largest absolute Gasteiger partial charge is 0.497 e. The summed E-state index contributed by atoms with van der Waals surface area (Å²) in [6.07, 6.45) is 6.01. The number of aromatic nitrogens is 4. The summed E-state index contributed by atoms with van der Waals surface area (Å²) in [7, 11) is 1.71. The molecule has 0 unspecified atom stereocenters. The molecule has 0 amide bonds. The number of rotatable bonds is 9. The van der Waals surface area contributed by atoms with Gasteiger partial charge in [0.1, 0.15) is 11.8 Å². The number of unbranched alkanes of at least 4 members (excludes halogenated alkanes) is 1. The highest BCUT2D eigenvalue weighted by atomic mass is 16.5. The third-order valence-corrected chi connectivity index (χ3v) is 6.45. The van der Waals surface area contributed by atoms with E-state index in [2.05, 4.69) is 39.5 Å². The number of nitrogens with zero attached hydrogens (tertiary/aromatic N) is 5. The van der Waals surface area contributed by atoms with Crippen molar-refractivity contribution in [2.75, 3.05) is 44.8 Å². The zero-order valence-corrected chi connectivity index (χ0v) is 18.3. The second-order valence-corrected chi connectivity index (χ2v) is 8.39. The summed E-state index contributed by atoms with van der Waals surface area (Å²) in [6, 6.07) is 8.73. The molecule has 2 aromatic rings. The van der Waals surface area contributed by atoms with Crippen molar-refractivity contribution >= 4 is 5.69 Å². The Morgan fingerprint density at radius 3 is 2.70 bits per heavy atom. The van der Waals surface area contributed by atoms with E-state index in [0.29, 0.717) is 6.04 Å². The number of piperazine rings is 1. The van der Waals surface area contributed by atoms with Crippen molar-refractivity contribution in [3.05, 3.63) is 30.1 Å². The number of benzene rings is 1. The predicted molar refractivity (Wildman–Crippen MR) is 115 cm³/mol. The fourth-order valence-electron chi connectivity index (χ4n) is 4.69. The normalized spacial score (nSPS) is 21.1. The maximum Gasteiger partial charge on any atom is 0.209 e. The van der Waals surface area contributed by atoms with Crippen molar-refractivity contribution < 1.29 is 14.4 Å². The Morgan fingerprint density at radius 2 is 2.03 bits per heavy atom. The molecule has 2 fully saturated rings. The summed E-state index contributed by atoms with van der Waals surface area (Å²) >= 11 is 0. The molecule has 2 aliphatic heterocycles. The fraction of sp³-hybridized carbons (Fsp3) is 0.682. The van der Waals surface area contributed by atoms with Gasteiger partial charge in [0, 0.05) is 18.7 Å². The Balaban J connectivity index is 1.42. The number of methoxy groups -OCH3 is 1. The lowest BCUT2D eigenvalue weighted by atomic mass is 10.1. The van der Waals surface area contributed by atoms with Crippen LogP contribution in [0.5, 0.6) is 5.75 Å². The Kier molecular flexibility index (Phi) is 7.17. The van der Waals surface area contributed by atoms with Crippen LogP contribution in [0.4, 0.5) is 5.69 Å². The van der Waals surface area contributed by atoms with Gasteiger partial charge in [0.05, 0.1) is 45.9 Å². The van der Waals surface area contributed by atoms with Crippen LogP contribution in [0.15, 0.2) is 24.3 Å². The Labute approximate surface area is 179 Å². The van der Waals surface area contributed by atoms with E-state index in [1.807, 2.05) is 16.8 Å². The Morgan fingerprint density at radius 1 is 1.23 bits per heavy atom. The van der Waals surface area contributed by atoms with Crippen LogP contribution in [0.25, 0.3) is 0 Å². The first kappa shape index (κ1) is 21.1. The summed E-state index contributed by atoms with van der Waals surface area (Å²) in [5.41, 5.74) is 1.27. The average molecular weight is 416 g/mol. The summed E-state index contributed by atoms with van der Waals surface area (Å²) in [5, 5.41) is 12.8. The number of ether oxygens (including phenoxy) is 2. The number of nitrogens with one attached hydrogen (secondary N) is 1. The molecule has 2 aliphatic rings. The van der Waals surface area contributed by atoms with E-state index < -0.39 is 0 Å². The zero-order valence-electron chi connectivity index (χ0n) is 18.3. The molecule has 0 bridgehead atoms. The minimum atomic E-state index is 0.251. The highest BCUT2D eigenvalue weighted by Gasteiger charge is 2.33. The molecular weight excluding hydrogens is 380 g/mol. The Bertz CT molecular complexity index is 766. The first-order valence-electron chi connectivity index (χ1n) is 11.4. The molecule has 4 rings (SSSR count). The summed E-state index contributed by atoms with van der Waals surface area (Å²) in [6.45, 7) is 8.15. The maximum absolute atomic E-state index is 5.83. The lowest BCUT2D eigenvalue weighted by molar-refractivity contribution is -0.933. The SMILES string of the molecule is CCCC[C@@H](c1nnnn1C[C@@H]1CCCO1)[NH+]1CCN(c2ccc(OC)cc2)CC1. The summed E-state index contributed by atoms with van der Waals surface area (Å²) in [5.74, 6) is 1.94. The van der Waals surface area contributed by atoms with Crippen LogP contribution >= 0.6 is 0 Å². The van der Waals surface area contributed by atoms with Gasteiger partial charge < -0.3 is 19.3 Å². The topological polar surface area (TPSA) is 69.7 Å². The van der Waals surface area contributed by atoms with Gasteiger partial charge in [-0.15, -0.1) is 5.10 Å². The van der Waals surface area contributed by atoms with Crippen molar-refractivity contribution in [1.29, 1.82) is 0 Å². The van der Waals surface area contributed by atoms with Gasteiger partial charge in [0.25, 0.3) is 0 Å². The second-order valence-electron chi connectivity index (χ2n) is 8.39. The lowest BCUT2D eigenvalue weighted by Gasteiger charge is -2.37. The molecular formula is C22H35N6O2+. The van der Waals surface area contributed by atoms with Gasteiger partial charge in [-0.2, -0.15) is 0 Å². The first-order chi connectivity index (χ1) is 14.8.